The molecule has 4 nitrogen and oxygen atoms in total. The van der Waals surface area contributed by atoms with E-state index in [0.717, 1.165) is 10.6 Å². The fourth-order valence-corrected chi connectivity index (χ4v) is 2.73. The van der Waals surface area contributed by atoms with Gasteiger partial charge in [-0.25, -0.2) is 0 Å². The van der Waals surface area contributed by atoms with Gasteiger partial charge in [0.05, 0.1) is 24.9 Å². The van der Waals surface area contributed by atoms with Crippen LogP contribution >= 0.6 is 22.9 Å². The minimum atomic E-state index is -0.568. The normalized spacial score (nSPS) is 12.0. The summed E-state index contributed by atoms with van der Waals surface area (Å²) in [6, 6.07) is 7.24. The number of nitrogens with one attached hydrogen (secondary N) is 1. The zero-order valence-electron chi connectivity index (χ0n) is 11.2. The second kappa shape index (κ2) is 6.83. The van der Waals surface area contributed by atoms with Crippen LogP contribution in [0.4, 0.5) is 5.69 Å². The average Bonchev–Trinajstić information content (AvgIpc) is 2.99. The number of hydrogen-bond donors (Lipinski definition) is 2. The summed E-state index contributed by atoms with van der Waals surface area (Å²) in [7, 11) is 3.12. The molecule has 0 spiro atoms. The van der Waals surface area contributed by atoms with Crippen molar-refractivity contribution in [2.45, 2.75) is 6.10 Å². The van der Waals surface area contributed by atoms with Crippen molar-refractivity contribution in [3.63, 3.8) is 0 Å². The van der Waals surface area contributed by atoms with Crippen molar-refractivity contribution in [1.82, 2.24) is 0 Å². The van der Waals surface area contributed by atoms with Crippen LogP contribution in [0.3, 0.4) is 0 Å². The molecule has 1 unspecified atom stereocenters. The van der Waals surface area contributed by atoms with Crippen molar-refractivity contribution in [2.75, 3.05) is 26.1 Å². The van der Waals surface area contributed by atoms with Gasteiger partial charge in [-0.3, -0.25) is 0 Å². The molecule has 2 aromatic rings. The van der Waals surface area contributed by atoms with Crippen LogP contribution in [0.2, 0.25) is 5.02 Å². The first-order valence-electron chi connectivity index (χ1n) is 6.02. The lowest BCUT2D eigenvalue weighted by molar-refractivity contribution is 0.195. The summed E-state index contributed by atoms with van der Waals surface area (Å²) < 4.78 is 10.4. The molecule has 108 valence electrons. The second-order valence-electron chi connectivity index (χ2n) is 4.10. The van der Waals surface area contributed by atoms with Crippen molar-refractivity contribution >= 4 is 28.6 Å². The fraction of sp³-hybridized carbons (Fsp3) is 0.286. The molecule has 2 rings (SSSR count). The Morgan fingerprint density at radius 3 is 2.65 bits per heavy atom. The number of anilines is 1. The SMILES string of the molecule is COc1cc(NCC(O)c2cccs2)c(OC)cc1Cl. The highest BCUT2D eigenvalue weighted by atomic mass is 35.5. The number of halogens is 1. The lowest BCUT2D eigenvalue weighted by Gasteiger charge is -2.16. The predicted molar refractivity (Wildman–Crippen MR) is 82.3 cm³/mol. The Morgan fingerprint density at radius 1 is 1.30 bits per heavy atom. The van der Waals surface area contributed by atoms with Crippen LogP contribution < -0.4 is 14.8 Å². The fourth-order valence-electron chi connectivity index (χ4n) is 1.79. The molecule has 0 saturated heterocycles. The monoisotopic (exact) mass is 313 g/mol. The van der Waals surface area contributed by atoms with E-state index in [-0.39, 0.29) is 0 Å². The molecule has 0 amide bonds. The number of rotatable bonds is 6. The van der Waals surface area contributed by atoms with E-state index in [1.54, 1.807) is 26.4 Å². The van der Waals surface area contributed by atoms with Gasteiger partial charge in [-0.15, -0.1) is 11.3 Å². The number of ether oxygens (including phenoxy) is 2. The van der Waals surface area contributed by atoms with E-state index in [0.29, 0.717) is 23.1 Å². The molecule has 0 radical (unpaired) electrons. The number of benzene rings is 1. The lowest BCUT2D eigenvalue weighted by atomic mass is 10.2. The smallest absolute Gasteiger partial charge is 0.143 e. The summed E-state index contributed by atoms with van der Waals surface area (Å²) in [5, 5.41) is 15.6. The van der Waals surface area contributed by atoms with Gasteiger partial charge >= 0.3 is 0 Å². The van der Waals surface area contributed by atoms with Gasteiger partial charge in [0.15, 0.2) is 0 Å². The molecule has 0 saturated carbocycles. The zero-order valence-corrected chi connectivity index (χ0v) is 12.8. The van der Waals surface area contributed by atoms with Crippen LogP contribution in [0.1, 0.15) is 11.0 Å². The first-order chi connectivity index (χ1) is 9.65. The lowest BCUT2D eigenvalue weighted by Crippen LogP contribution is -2.11. The van der Waals surface area contributed by atoms with Crippen molar-refractivity contribution in [3.05, 3.63) is 39.5 Å². The number of hydrogen-bond acceptors (Lipinski definition) is 5. The largest absolute Gasteiger partial charge is 0.495 e. The highest BCUT2D eigenvalue weighted by Crippen LogP contribution is 2.36. The molecule has 20 heavy (non-hydrogen) atoms. The molecule has 1 atom stereocenters. The third-order valence-corrected chi connectivity index (χ3v) is 4.10. The molecular weight excluding hydrogens is 298 g/mol. The molecule has 2 N–H and O–H groups in total. The maximum absolute atomic E-state index is 10.1. The van der Waals surface area contributed by atoms with Crippen LogP contribution in [0, 0.1) is 0 Å². The van der Waals surface area contributed by atoms with Crippen LogP contribution in [0.15, 0.2) is 29.6 Å². The highest BCUT2D eigenvalue weighted by molar-refractivity contribution is 7.10. The van der Waals surface area contributed by atoms with E-state index in [1.165, 1.54) is 11.3 Å². The minimum absolute atomic E-state index is 0.377. The van der Waals surface area contributed by atoms with Crippen molar-refractivity contribution in [2.24, 2.45) is 0 Å². The molecule has 0 aliphatic carbocycles. The van der Waals surface area contributed by atoms with Gasteiger partial charge < -0.3 is 19.9 Å². The zero-order chi connectivity index (χ0) is 14.5. The molecule has 0 bridgehead atoms. The molecule has 1 heterocycles. The first kappa shape index (κ1) is 15.0. The first-order valence-corrected chi connectivity index (χ1v) is 7.28. The maximum atomic E-state index is 10.1. The number of aliphatic hydroxyl groups is 1. The molecule has 1 aromatic heterocycles. The molecule has 6 heteroatoms. The van der Waals surface area contributed by atoms with Crippen LogP contribution in [-0.2, 0) is 0 Å². The Hall–Kier alpha value is -1.43. The number of methoxy groups -OCH3 is 2. The molecule has 0 fully saturated rings. The summed E-state index contributed by atoms with van der Waals surface area (Å²) in [6.45, 7) is 0.377. The Labute approximate surface area is 126 Å². The van der Waals surface area contributed by atoms with Gasteiger partial charge in [0, 0.05) is 23.6 Å². The van der Waals surface area contributed by atoms with E-state index in [4.69, 9.17) is 21.1 Å². The van der Waals surface area contributed by atoms with E-state index >= 15 is 0 Å². The summed E-state index contributed by atoms with van der Waals surface area (Å²) >= 11 is 7.56. The van der Waals surface area contributed by atoms with E-state index < -0.39 is 6.10 Å². The van der Waals surface area contributed by atoms with Crippen molar-refractivity contribution in [1.29, 1.82) is 0 Å². The minimum Gasteiger partial charge on any atom is -0.495 e. The highest BCUT2D eigenvalue weighted by Gasteiger charge is 2.13. The number of aliphatic hydroxyl groups excluding tert-OH is 1. The third-order valence-electron chi connectivity index (χ3n) is 2.83. The quantitative estimate of drug-likeness (QED) is 0.856. The summed E-state index contributed by atoms with van der Waals surface area (Å²) in [6.07, 6.45) is -0.568. The van der Waals surface area contributed by atoms with Crippen molar-refractivity contribution < 1.29 is 14.6 Å². The van der Waals surface area contributed by atoms with Gasteiger partial charge in [-0.05, 0) is 11.4 Å². The van der Waals surface area contributed by atoms with Gasteiger partial charge in [0.1, 0.15) is 17.6 Å². The van der Waals surface area contributed by atoms with Crippen LogP contribution in [0.5, 0.6) is 11.5 Å². The van der Waals surface area contributed by atoms with Gasteiger partial charge in [0.25, 0.3) is 0 Å². The van der Waals surface area contributed by atoms with Crippen LogP contribution in [0.25, 0.3) is 0 Å². The topological polar surface area (TPSA) is 50.7 Å². The molecule has 1 aromatic carbocycles. The Balaban J connectivity index is 2.12. The summed E-state index contributed by atoms with van der Waals surface area (Å²) in [4.78, 5) is 0.914. The maximum Gasteiger partial charge on any atom is 0.143 e. The summed E-state index contributed by atoms with van der Waals surface area (Å²) in [5.74, 6) is 1.16. The van der Waals surface area contributed by atoms with E-state index in [1.807, 2.05) is 17.5 Å². The Morgan fingerprint density at radius 2 is 2.05 bits per heavy atom. The predicted octanol–water partition coefficient (Wildman–Crippen LogP) is 3.56. The second-order valence-corrected chi connectivity index (χ2v) is 5.49. The molecule has 0 aliphatic heterocycles. The molecule has 0 aliphatic rings. The average molecular weight is 314 g/mol. The Kier molecular flexibility index (Phi) is 5.11. The third kappa shape index (κ3) is 3.36. The van der Waals surface area contributed by atoms with Crippen LogP contribution in [-0.4, -0.2) is 25.9 Å². The standard InChI is InChI=1S/C14H16ClNO3S/c1-18-12-7-10(13(19-2)6-9(12)15)16-8-11(17)14-4-3-5-20-14/h3-7,11,16-17H,8H2,1-2H3. The van der Waals surface area contributed by atoms with Gasteiger partial charge in [-0.1, -0.05) is 17.7 Å². The van der Waals surface area contributed by atoms with Gasteiger partial charge in [-0.2, -0.15) is 0 Å². The van der Waals surface area contributed by atoms with Crippen molar-refractivity contribution in [3.8, 4) is 11.5 Å². The number of thiophene rings is 1. The molecular formula is C14H16ClNO3S. The van der Waals surface area contributed by atoms with Gasteiger partial charge in [0.2, 0.25) is 0 Å². The Bertz CT molecular complexity index is 560. The summed E-state index contributed by atoms with van der Waals surface area (Å²) in [5.41, 5.74) is 0.726. The van der Waals surface area contributed by atoms with E-state index in [9.17, 15) is 5.11 Å². The van der Waals surface area contributed by atoms with E-state index in [2.05, 4.69) is 5.32 Å².